The predicted molar refractivity (Wildman–Crippen MR) is 84.4 cm³/mol. The van der Waals surface area contributed by atoms with Crippen molar-refractivity contribution in [2.75, 3.05) is 11.5 Å². The molecule has 0 bridgehead atoms. The topological polar surface area (TPSA) is 105 Å². The Labute approximate surface area is 134 Å². The third-order valence-corrected chi connectivity index (χ3v) is 5.58. The van der Waals surface area contributed by atoms with E-state index in [0.29, 0.717) is 5.69 Å². The summed E-state index contributed by atoms with van der Waals surface area (Å²) in [6.45, 7) is 0.855. The number of carboxylic acids is 2. The lowest BCUT2D eigenvalue weighted by Gasteiger charge is -2.12. The Balaban J connectivity index is 1.94. The van der Waals surface area contributed by atoms with Crippen molar-refractivity contribution in [3.63, 3.8) is 0 Å². The van der Waals surface area contributed by atoms with Crippen LogP contribution < -0.4 is 0 Å². The highest BCUT2D eigenvalue weighted by molar-refractivity contribution is 8.00. The van der Waals surface area contributed by atoms with Crippen molar-refractivity contribution in [3.05, 3.63) is 29.5 Å². The van der Waals surface area contributed by atoms with E-state index in [2.05, 4.69) is 9.98 Å². The molecule has 2 aliphatic rings. The zero-order valence-corrected chi connectivity index (χ0v) is 13.1. The molecule has 0 aliphatic carbocycles. The van der Waals surface area contributed by atoms with Crippen LogP contribution in [0.1, 0.15) is 16.8 Å². The van der Waals surface area contributed by atoms with Crippen LogP contribution in [0.2, 0.25) is 0 Å². The van der Waals surface area contributed by atoms with Crippen molar-refractivity contribution < 1.29 is 19.8 Å². The Bertz CT molecular complexity index is 672. The fraction of sp³-hybridized carbons (Fsp3) is 0.385. The SMILES string of the molecule is O=C(O)C1=CN=C(C(=O)O)CSC1c1cn2c(n1)CSCC2. The normalized spacial score (nSPS) is 21.4. The number of aliphatic imine (C=N–C) groups is 1. The Morgan fingerprint density at radius 1 is 1.27 bits per heavy atom. The molecule has 0 spiro atoms. The lowest BCUT2D eigenvalue weighted by atomic mass is 10.1. The van der Waals surface area contributed by atoms with Crippen LogP contribution in [0, 0.1) is 0 Å². The van der Waals surface area contributed by atoms with Gasteiger partial charge in [-0.15, -0.1) is 11.8 Å². The molecule has 0 saturated carbocycles. The molecule has 1 unspecified atom stereocenters. The monoisotopic (exact) mass is 339 g/mol. The van der Waals surface area contributed by atoms with Crippen LogP contribution in [-0.2, 0) is 21.9 Å². The van der Waals surface area contributed by atoms with Gasteiger partial charge in [0.1, 0.15) is 11.5 Å². The number of hydrogen-bond acceptors (Lipinski definition) is 6. The maximum atomic E-state index is 11.5. The van der Waals surface area contributed by atoms with Gasteiger partial charge >= 0.3 is 11.9 Å². The number of carboxylic acid groups (broad SMARTS) is 2. The van der Waals surface area contributed by atoms with Crippen molar-refractivity contribution >= 4 is 41.2 Å². The number of imidazole rings is 1. The van der Waals surface area contributed by atoms with Crippen LogP contribution >= 0.6 is 23.5 Å². The highest BCUT2D eigenvalue weighted by atomic mass is 32.2. The molecule has 22 heavy (non-hydrogen) atoms. The number of aromatic nitrogens is 2. The average Bonchev–Trinajstić information content (AvgIpc) is 2.77. The van der Waals surface area contributed by atoms with Crippen LogP contribution in [0.5, 0.6) is 0 Å². The molecule has 1 aromatic rings. The molecule has 3 rings (SSSR count). The molecule has 9 heteroatoms. The maximum absolute atomic E-state index is 11.5. The first kappa shape index (κ1) is 15.2. The van der Waals surface area contributed by atoms with E-state index >= 15 is 0 Å². The van der Waals surface area contributed by atoms with Gasteiger partial charge in [-0.3, -0.25) is 4.99 Å². The second kappa shape index (κ2) is 6.17. The molecule has 2 N–H and O–H groups in total. The predicted octanol–water partition coefficient (Wildman–Crippen LogP) is 1.41. The molecular weight excluding hydrogens is 326 g/mol. The minimum atomic E-state index is -1.13. The Morgan fingerprint density at radius 2 is 2.09 bits per heavy atom. The van der Waals surface area contributed by atoms with E-state index < -0.39 is 17.2 Å². The number of nitrogens with zero attached hydrogens (tertiary/aromatic N) is 3. The van der Waals surface area contributed by atoms with Crippen molar-refractivity contribution in [3.8, 4) is 0 Å². The quantitative estimate of drug-likeness (QED) is 0.858. The zero-order chi connectivity index (χ0) is 15.7. The van der Waals surface area contributed by atoms with Crippen LogP contribution in [0.25, 0.3) is 0 Å². The van der Waals surface area contributed by atoms with Crippen molar-refractivity contribution in [1.29, 1.82) is 0 Å². The summed E-state index contributed by atoms with van der Waals surface area (Å²) < 4.78 is 2.04. The fourth-order valence-corrected chi connectivity index (χ4v) is 4.30. The van der Waals surface area contributed by atoms with Crippen molar-refractivity contribution in [1.82, 2.24) is 9.55 Å². The third kappa shape index (κ3) is 2.91. The molecule has 7 nitrogen and oxygen atoms in total. The minimum Gasteiger partial charge on any atom is -0.478 e. The number of thioether (sulfide) groups is 2. The smallest absolute Gasteiger partial charge is 0.351 e. The summed E-state index contributed by atoms with van der Waals surface area (Å²) in [6, 6.07) is 0. The Morgan fingerprint density at radius 3 is 2.77 bits per heavy atom. The second-order valence-corrected chi connectivity index (χ2v) is 6.99. The van der Waals surface area contributed by atoms with Gasteiger partial charge in [0.05, 0.1) is 22.3 Å². The number of rotatable bonds is 3. The molecule has 1 aromatic heterocycles. The summed E-state index contributed by atoms with van der Waals surface area (Å²) in [5, 5.41) is 17.9. The zero-order valence-electron chi connectivity index (χ0n) is 11.4. The molecule has 0 aromatic carbocycles. The van der Waals surface area contributed by atoms with Gasteiger partial charge in [0.15, 0.2) is 0 Å². The number of carbonyl (C=O) groups is 2. The molecule has 0 fully saturated rings. The number of fused-ring (bicyclic) bond motifs is 1. The van der Waals surface area contributed by atoms with E-state index in [1.165, 1.54) is 11.8 Å². The van der Waals surface area contributed by atoms with E-state index in [9.17, 15) is 14.7 Å². The lowest BCUT2D eigenvalue weighted by Crippen LogP contribution is -2.15. The molecular formula is C13H13N3O4S2. The van der Waals surface area contributed by atoms with Gasteiger partial charge in [0.25, 0.3) is 0 Å². The van der Waals surface area contributed by atoms with Gasteiger partial charge in [0.2, 0.25) is 0 Å². The average molecular weight is 339 g/mol. The van der Waals surface area contributed by atoms with Gasteiger partial charge in [-0.1, -0.05) is 0 Å². The van der Waals surface area contributed by atoms with Crippen LogP contribution in [-0.4, -0.2) is 48.9 Å². The maximum Gasteiger partial charge on any atom is 0.351 e. The van der Waals surface area contributed by atoms with Crippen molar-refractivity contribution in [2.45, 2.75) is 17.5 Å². The highest BCUT2D eigenvalue weighted by Gasteiger charge is 2.30. The minimum absolute atomic E-state index is 0.0502. The van der Waals surface area contributed by atoms with Gasteiger partial charge in [-0.2, -0.15) is 11.8 Å². The highest BCUT2D eigenvalue weighted by Crippen LogP contribution is 2.37. The first-order valence-electron chi connectivity index (χ1n) is 6.55. The van der Waals surface area contributed by atoms with E-state index in [-0.39, 0.29) is 17.0 Å². The summed E-state index contributed by atoms with van der Waals surface area (Å²) in [6.07, 6.45) is 3.01. The standard InChI is InChI=1S/C13H13N3O4S2/c17-12(18)7-3-14-9(13(19)20)5-22-11(7)8-4-16-1-2-21-6-10(16)15-8/h3-4,11H,1-2,5-6H2,(H,17,18)(H,19,20). The van der Waals surface area contributed by atoms with Crippen LogP contribution in [0.4, 0.5) is 0 Å². The third-order valence-electron chi connectivity index (χ3n) is 3.38. The van der Waals surface area contributed by atoms with Gasteiger partial charge in [-0.25, -0.2) is 14.6 Å². The van der Waals surface area contributed by atoms with Crippen LogP contribution in [0.3, 0.4) is 0 Å². The first-order chi connectivity index (χ1) is 10.6. The van der Waals surface area contributed by atoms with Gasteiger partial charge in [-0.05, 0) is 0 Å². The largest absolute Gasteiger partial charge is 0.478 e. The summed E-state index contributed by atoms with van der Waals surface area (Å²) >= 11 is 3.02. The van der Waals surface area contributed by atoms with Crippen LogP contribution in [0.15, 0.2) is 23.0 Å². The van der Waals surface area contributed by atoms with Crippen molar-refractivity contribution in [2.24, 2.45) is 4.99 Å². The molecule has 0 radical (unpaired) electrons. The summed E-state index contributed by atoms with van der Waals surface area (Å²) in [7, 11) is 0. The number of aryl methyl sites for hydroxylation is 1. The fourth-order valence-electron chi connectivity index (χ4n) is 2.27. The second-order valence-electron chi connectivity index (χ2n) is 4.79. The van der Waals surface area contributed by atoms with E-state index in [1.807, 2.05) is 10.8 Å². The Hall–Kier alpha value is -1.74. The molecule has 0 amide bonds. The lowest BCUT2D eigenvalue weighted by molar-refractivity contribution is -0.133. The van der Waals surface area contributed by atoms with Gasteiger partial charge in [0, 0.05) is 30.4 Å². The summed E-state index contributed by atoms with van der Waals surface area (Å²) in [4.78, 5) is 30.9. The van der Waals surface area contributed by atoms with E-state index in [4.69, 9.17) is 5.11 Å². The Kier molecular flexibility index (Phi) is 4.25. The van der Waals surface area contributed by atoms with E-state index in [1.54, 1.807) is 11.8 Å². The van der Waals surface area contributed by atoms with E-state index in [0.717, 1.165) is 30.1 Å². The number of hydrogen-bond donors (Lipinski definition) is 2. The molecule has 1 atom stereocenters. The molecule has 3 heterocycles. The summed E-state index contributed by atoms with van der Waals surface area (Å²) in [5.74, 6) is 0.655. The first-order valence-corrected chi connectivity index (χ1v) is 8.75. The number of aliphatic carboxylic acids is 2. The van der Waals surface area contributed by atoms with Gasteiger partial charge < -0.3 is 14.8 Å². The summed E-state index contributed by atoms with van der Waals surface area (Å²) in [5.41, 5.74) is 0.660. The molecule has 116 valence electrons. The molecule has 0 saturated heterocycles. The molecule has 2 aliphatic heterocycles.